The minimum Gasteiger partial charge on any atom is -0.313 e. The van der Waals surface area contributed by atoms with Crippen LogP contribution in [-0.2, 0) is 6.54 Å². The molecule has 21 heavy (non-hydrogen) atoms. The predicted molar refractivity (Wildman–Crippen MR) is 88.3 cm³/mol. The van der Waals surface area contributed by atoms with E-state index in [0.717, 1.165) is 41.8 Å². The number of benzene rings is 2. The predicted octanol–water partition coefficient (Wildman–Crippen LogP) is 5.26. The van der Waals surface area contributed by atoms with Crippen LogP contribution in [0, 0.1) is 19.7 Å². The Bertz CT molecular complexity index is 614. The van der Waals surface area contributed by atoms with Gasteiger partial charge in [0.05, 0.1) is 0 Å². The monoisotopic (exact) mass is 305 g/mol. The van der Waals surface area contributed by atoms with Gasteiger partial charge in [-0.2, -0.15) is 0 Å². The van der Waals surface area contributed by atoms with E-state index in [4.69, 9.17) is 11.6 Å². The van der Waals surface area contributed by atoms with E-state index in [9.17, 15) is 4.39 Å². The van der Waals surface area contributed by atoms with E-state index >= 15 is 0 Å². The van der Waals surface area contributed by atoms with Gasteiger partial charge in [0.1, 0.15) is 5.82 Å². The van der Waals surface area contributed by atoms with Crippen molar-refractivity contribution in [2.24, 2.45) is 0 Å². The third kappa shape index (κ3) is 3.84. The van der Waals surface area contributed by atoms with Gasteiger partial charge in [-0.25, -0.2) is 4.39 Å². The van der Waals surface area contributed by atoms with Crippen molar-refractivity contribution in [2.75, 3.05) is 6.54 Å². The summed E-state index contributed by atoms with van der Waals surface area (Å²) in [7, 11) is 0. The molecule has 0 bridgehead atoms. The number of hydrogen-bond donors (Lipinski definition) is 1. The van der Waals surface area contributed by atoms with E-state index in [1.807, 2.05) is 38.1 Å². The van der Waals surface area contributed by atoms with Crippen LogP contribution in [0.15, 0.2) is 30.3 Å². The van der Waals surface area contributed by atoms with Gasteiger partial charge in [0, 0.05) is 22.7 Å². The first-order valence-electron chi connectivity index (χ1n) is 7.29. The summed E-state index contributed by atoms with van der Waals surface area (Å²) in [5.41, 5.74) is 4.29. The maximum Gasteiger partial charge on any atom is 0.131 e. The highest BCUT2D eigenvalue weighted by atomic mass is 35.5. The van der Waals surface area contributed by atoms with Crippen LogP contribution in [0.1, 0.15) is 30.0 Å². The largest absolute Gasteiger partial charge is 0.313 e. The average molecular weight is 306 g/mol. The number of halogens is 2. The molecule has 0 heterocycles. The fourth-order valence-corrected chi connectivity index (χ4v) is 2.84. The van der Waals surface area contributed by atoms with Crippen molar-refractivity contribution in [3.05, 3.63) is 57.9 Å². The van der Waals surface area contributed by atoms with Crippen LogP contribution in [-0.4, -0.2) is 6.54 Å². The lowest BCUT2D eigenvalue weighted by atomic mass is 9.97. The molecule has 0 saturated heterocycles. The Kier molecular flexibility index (Phi) is 5.38. The molecule has 0 amide bonds. The Balaban J connectivity index is 2.33. The Morgan fingerprint density at radius 2 is 1.90 bits per heavy atom. The minimum atomic E-state index is -0.216. The van der Waals surface area contributed by atoms with E-state index in [1.54, 1.807) is 6.07 Å². The molecule has 0 aliphatic carbocycles. The SMILES string of the molecule is CCCNCc1ccc(-c2c(C)cc(C)cc2F)c(Cl)c1. The van der Waals surface area contributed by atoms with Crippen molar-refractivity contribution in [1.29, 1.82) is 0 Å². The molecule has 0 aliphatic heterocycles. The molecule has 0 spiro atoms. The van der Waals surface area contributed by atoms with Gasteiger partial charge in [0.15, 0.2) is 0 Å². The van der Waals surface area contributed by atoms with Crippen molar-refractivity contribution in [2.45, 2.75) is 33.7 Å². The molecule has 0 fully saturated rings. The van der Waals surface area contributed by atoms with Crippen LogP contribution in [0.4, 0.5) is 4.39 Å². The zero-order valence-corrected chi connectivity index (χ0v) is 13.5. The first kappa shape index (κ1) is 16.0. The van der Waals surface area contributed by atoms with Crippen LogP contribution in [0.25, 0.3) is 11.1 Å². The normalized spacial score (nSPS) is 10.9. The third-order valence-electron chi connectivity index (χ3n) is 3.49. The van der Waals surface area contributed by atoms with Gasteiger partial charge in [-0.3, -0.25) is 0 Å². The van der Waals surface area contributed by atoms with E-state index in [2.05, 4.69) is 12.2 Å². The standard InChI is InChI=1S/C18H21ClFN/c1-4-7-21-11-14-5-6-15(16(19)10-14)18-13(3)8-12(2)9-17(18)20/h5-6,8-10,21H,4,7,11H2,1-3H3. The van der Waals surface area contributed by atoms with Crippen molar-refractivity contribution in [3.63, 3.8) is 0 Å². The number of aryl methyl sites for hydroxylation is 2. The summed E-state index contributed by atoms with van der Waals surface area (Å²) in [5.74, 6) is -0.216. The summed E-state index contributed by atoms with van der Waals surface area (Å²) >= 11 is 6.37. The highest BCUT2D eigenvalue weighted by Gasteiger charge is 2.13. The van der Waals surface area contributed by atoms with E-state index in [0.29, 0.717) is 10.6 Å². The molecule has 0 unspecified atom stereocenters. The second-order valence-electron chi connectivity index (χ2n) is 5.43. The van der Waals surface area contributed by atoms with Crippen LogP contribution in [0.3, 0.4) is 0 Å². The molecule has 1 nitrogen and oxygen atoms in total. The summed E-state index contributed by atoms with van der Waals surface area (Å²) in [6.45, 7) is 7.70. The molecule has 2 aromatic carbocycles. The molecule has 3 heteroatoms. The van der Waals surface area contributed by atoms with Crippen molar-refractivity contribution < 1.29 is 4.39 Å². The molecule has 0 atom stereocenters. The molecular weight excluding hydrogens is 285 g/mol. The lowest BCUT2D eigenvalue weighted by Crippen LogP contribution is -2.13. The summed E-state index contributed by atoms with van der Waals surface area (Å²) < 4.78 is 14.3. The Morgan fingerprint density at radius 3 is 2.52 bits per heavy atom. The lowest BCUT2D eigenvalue weighted by Gasteiger charge is -2.12. The molecule has 0 aromatic heterocycles. The summed E-state index contributed by atoms with van der Waals surface area (Å²) in [5, 5.41) is 3.93. The zero-order chi connectivity index (χ0) is 15.4. The van der Waals surface area contributed by atoms with Crippen molar-refractivity contribution >= 4 is 11.6 Å². The molecule has 2 aromatic rings. The first-order valence-corrected chi connectivity index (χ1v) is 7.67. The number of nitrogens with one attached hydrogen (secondary N) is 1. The minimum absolute atomic E-state index is 0.216. The maximum absolute atomic E-state index is 14.3. The van der Waals surface area contributed by atoms with Crippen LogP contribution in [0.2, 0.25) is 5.02 Å². The summed E-state index contributed by atoms with van der Waals surface area (Å²) in [6, 6.07) is 9.35. The number of rotatable bonds is 5. The first-order chi connectivity index (χ1) is 10.0. The highest BCUT2D eigenvalue weighted by molar-refractivity contribution is 6.33. The fraction of sp³-hybridized carbons (Fsp3) is 0.333. The zero-order valence-electron chi connectivity index (χ0n) is 12.8. The second kappa shape index (κ2) is 7.06. The third-order valence-corrected chi connectivity index (χ3v) is 3.80. The van der Waals surface area contributed by atoms with Gasteiger partial charge >= 0.3 is 0 Å². The lowest BCUT2D eigenvalue weighted by molar-refractivity contribution is 0.629. The fourth-order valence-electron chi connectivity index (χ4n) is 2.54. The summed E-state index contributed by atoms with van der Waals surface area (Å²) in [6.07, 6.45) is 1.10. The Morgan fingerprint density at radius 1 is 1.14 bits per heavy atom. The van der Waals surface area contributed by atoms with Gasteiger partial charge in [-0.1, -0.05) is 36.7 Å². The van der Waals surface area contributed by atoms with Gasteiger partial charge < -0.3 is 5.32 Å². The molecule has 2 rings (SSSR count). The summed E-state index contributed by atoms with van der Waals surface area (Å²) in [4.78, 5) is 0. The molecule has 1 N–H and O–H groups in total. The molecule has 0 aliphatic rings. The van der Waals surface area contributed by atoms with E-state index in [1.165, 1.54) is 0 Å². The van der Waals surface area contributed by atoms with Crippen LogP contribution in [0.5, 0.6) is 0 Å². The topological polar surface area (TPSA) is 12.0 Å². The average Bonchev–Trinajstić information content (AvgIpc) is 2.40. The van der Waals surface area contributed by atoms with Crippen LogP contribution >= 0.6 is 11.6 Å². The smallest absolute Gasteiger partial charge is 0.131 e. The van der Waals surface area contributed by atoms with Gasteiger partial charge in [0.25, 0.3) is 0 Å². The van der Waals surface area contributed by atoms with Gasteiger partial charge in [-0.05, 0) is 55.6 Å². The van der Waals surface area contributed by atoms with Crippen LogP contribution < -0.4 is 5.32 Å². The molecular formula is C18H21ClFN. The molecule has 112 valence electrons. The molecule has 0 radical (unpaired) electrons. The van der Waals surface area contributed by atoms with Gasteiger partial charge in [0.2, 0.25) is 0 Å². The van der Waals surface area contributed by atoms with Crippen molar-refractivity contribution in [3.8, 4) is 11.1 Å². The van der Waals surface area contributed by atoms with Gasteiger partial charge in [-0.15, -0.1) is 0 Å². The van der Waals surface area contributed by atoms with Crippen molar-refractivity contribution in [1.82, 2.24) is 5.32 Å². The maximum atomic E-state index is 14.3. The second-order valence-corrected chi connectivity index (χ2v) is 5.84. The highest BCUT2D eigenvalue weighted by Crippen LogP contribution is 2.33. The Hall–Kier alpha value is -1.38. The van der Waals surface area contributed by atoms with E-state index in [-0.39, 0.29) is 5.82 Å². The van der Waals surface area contributed by atoms with E-state index < -0.39 is 0 Å². The number of hydrogen-bond acceptors (Lipinski definition) is 1. The Labute approximate surface area is 131 Å². The quantitative estimate of drug-likeness (QED) is 0.743. The molecule has 0 saturated carbocycles.